The van der Waals surface area contributed by atoms with E-state index in [1.807, 2.05) is 0 Å². The van der Waals surface area contributed by atoms with E-state index >= 15 is 0 Å². The minimum Gasteiger partial charge on any atom is -0.383 e. The van der Waals surface area contributed by atoms with Crippen LogP contribution in [0, 0.1) is 18.8 Å². The van der Waals surface area contributed by atoms with Gasteiger partial charge in [0.1, 0.15) is 0 Å². The van der Waals surface area contributed by atoms with Crippen molar-refractivity contribution < 1.29 is 4.74 Å². The maximum atomic E-state index is 6.31. The zero-order valence-electron chi connectivity index (χ0n) is 12.6. The molecular weight excluding hydrogens is 252 g/mol. The molecule has 0 bridgehead atoms. The maximum Gasteiger partial charge on any atom is 0.205 e. The maximum absolute atomic E-state index is 6.31. The molecule has 0 amide bonds. The van der Waals surface area contributed by atoms with Crippen LogP contribution in [-0.2, 0) is 11.3 Å². The molecule has 3 unspecified atom stereocenters. The number of ether oxygens (including phenoxy) is 1. The molecule has 112 valence electrons. The van der Waals surface area contributed by atoms with Gasteiger partial charge in [-0.25, -0.2) is 4.98 Å². The zero-order chi connectivity index (χ0) is 14.1. The number of fused-ring (bicyclic) bond motifs is 1. The molecule has 2 fully saturated rings. The Morgan fingerprint density at radius 3 is 3.00 bits per heavy atom. The third-order valence-electron chi connectivity index (χ3n) is 4.85. The smallest absolute Gasteiger partial charge is 0.205 e. The number of hydrogen-bond donors (Lipinski definition) is 1. The molecule has 1 aromatic rings. The number of nitrogens with two attached hydrogens (primary N) is 1. The molecule has 2 N–H and O–H groups in total. The van der Waals surface area contributed by atoms with Crippen molar-refractivity contribution in [3.8, 4) is 0 Å². The fourth-order valence-electron chi connectivity index (χ4n) is 3.82. The number of hydrogen-bond acceptors (Lipinski definition) is 4. The number of aryl methyl sites for hydroxylation is 1. The Labute approximate surface area is 121 Å². The SMILES string of the molecule is COCCn1cc(C)nc1N1CC2CCCC(N)C2C1. The summed E-state index contributed by atoms with van der Waals surface area (Å²) in [5.74, 6) is 2.50. The summed E-state index contributed by atoms with van der Waals surface area (Å²) in [6, 6.07) is 0.377. The van der Waals surface area contributed by atoms with E-state index in [1.54, 1.807) is 7.11 Å². The minimum absolute atomic E-state index is 0.377. The Morgan fingerprint density at radius 1 is 1.40 bits per heavy atom. The van der Waals surface area contributed by atoms with Crippen LogP contribution in [0.2, 0.25) is 0 Å². The van der Waals surface area contributed by atoms with Crippen LogP contribution in [0.25, 0.3) is 0 Å². The monoisotopic (exact) mass is 278 g/mol. The van der Waals surface area contributed by atoms with Gasteiger partial charge in [0.2, 0.25) is 5.95 Å². The van der Waals surface area contributed by atoms with Crippen molar-refractivity contribution in [2.24, 2.45) is 17.6 Å². The Balaban J connectivity index is 1.76. The molecule has 1 aromatic heterocycles. The normalized spacial score (nSPS) is 29.8. The van der Waals surface area contributed by atoms with Gasteiger partial charge in [-0.2, -0.15) is 0 Å². The van der Waals surface area contributed by atoms with Crippen molar-refractivity contribution in [1.82, 2.24) is 9.55 Å². The Morgan fingerprint density at radius 2 is 2.25 bits per heavy atom. The van der Waals surface area contributed by atoms with Crippen LogP contribution >= 0.6 is 0 Å². The quantitative estimate of drug-likeness (QED) is 0.904. The number of imidazole rings is 1. The van der Waals surface area contributed by atoms with Gasteiger partial charge < -0.3 is 19.9 Å². The largest absolute Gasteiger partial charge is 0.383 e. The molecule has 1 saturated heterocycles. The third kappa shape index (κ3) is 2.56. The van der Waals surface area contributed by atoms with Crippen LogP contribution in [0.3, 0.4) is 0 Å². The van der Waals surface area contributed by atoms with Crippen LogP contribution < -0.4 is 10.6 Å². The molecule has 3 rings (SSSR count). The van der Waals surface area contributed by atoms with Crippen LogP contribution in [0.1, 0.15) is 25.0 Å². The molecule has 0 aromatic carbocycles. The molecule has 2 heterocycles. The van der Waals surface area contributed by atoms with Crippen LogP contribution in [0.15, 0.2) is 6.20 Å². The lowest BCUT2D eigenvalue weighted by Gasteiger charge is -2.29. The van der Waals surface area contributed by atoms with Gasteiger partial charge >= 0.3 is 0 Å². The van der Waals surface area contributed by atoms with Crippen molar-refractivity contribution in [2.75, 3.05) is 31.7 Å². The second kappa shape index (κ2) is 5.74. The van der Waals surface area contributed by atoms with Crippen molar-refractivity contribution in [1.29, 1.82) is 0 Å². The lowest BCUT2D eigenvalue weighted by Crippen LogP contribution is -2.38. The molecule has 20 heavy (non-hydrogen) atoms. The molecule has 1 aliphatic heterocycles. The highest BCUT2D eigenvalue weighted by atomic mass is 16.5. The topological polar surface area (TPSA) is 56.3 Å². The highest BCUT2D eigenvalue weighted by Crippen LogP contribution is 2.37. The van der Waals surface area contributed by atoms with E-state index in [2.05, 4.69) is 22.6 Å². The fourth-order valence-corrected chi connectivity index (χ4v) is 3.82. The molecule has 0 radical (unpaired) electrons. The summed E-state index contributed by atoms with van der Waals surface area (Å²) in [5.41, 5.74) is 7.39. The highest BCUT2D eigenvalue weighted by Gasteiger charge is 2.39. The van der Waals surface area contributed by atoms with E-state index in [0.717, 1.165) is 43.8 Å². The second-order valence-corrected chi connectivity index (χ2v) is 6.29. The molecule has 1 aliphatic carbocycles. The van der Waals surface area contributed by atoms with Crippen LogP contribution in [0.4, 0.5) is 5.95 Å². The third-order valence-corrected chi connectivity index (χ3v) is 4.85. The number of aromatic nitrogens is 2. The Kier molecular flexibility index (Phi) is 3.98. The number of nitrogens with zero attached hydrogens (tertiary/aromatic N) is 3. The molecule has 0 spiro atoms. The molecule has 5 nitrogen and oxygen atoms in total. The lowest BCUT2D eigenvalue weighted by molar-refractivity contribution is 0.187. The van der Waals surface area contributed by atoms with Gasteiger partial charge in [-0.15, -0.1) is 0 Å². The van der Waals surface area contributed by atoms with Gasteiger partial charge in [-0.3, -0.25) is 0 Å². The molecular formula is C15H26N4O. The van der Waals surface area contributed by atoms with Crippen molar-refractivity contribution in [3.63, 3.8) is 0 Å². The summed E-state index contributed by atoms with van der Waals surface area (Å²) in [4.78, 5) is 7.15. The fraction of sp³-hybridized carbons (Fsp3) is 0.800. The van der Waals surface area contributed by atoms with E-state index in [4.69, 9.17) is 15.5 Å². The average Bonchev–Trinajstić information content (AvgIpc) is 3.00. The van der Waals surface area contributed by atoms with E-state index in [-0.39, 0.29) is 0 Å². The minimum atomic E-state index is 0.377. The second-order valence-electron chi connectivity index (χ2n) is 6.29. The Hall–Kier alpha value is -1.07. The summed E-state index contributed by atoms with van der Waals surface area (Å²) in [7, 11) is 1.74. The van der Waals surface area contributed by atoms with E-state index < -0.39 is 0 Å². The number of methoxy groups -OCH3 is 1. The molecule has 2 aliphatic rings. The average molecular weight is 278 g/mol. The van der Waals surface area contributed by atoms with Crippen molar-refractivity contribution in [2.45, 2.75) is 38.8 Å². The van der Waals surface area contributed by atoms with Gasteiger partial charge in [0.25, 0.3) is 0 Å². The summed E-state index contributed by atoms with van der Waals surface area (Å²) < 4.78 is 7.42. The molecule has 3 atom stereocenters. The van der Waals surface area contributed by atoms with Gasteiger partial charge in [0.05, 0.1) is 12.3 Å². The zero-order valence-corrected chi connectivity index (χ0v) is 12.6. The number of anilines is 1. The summed E-state index contributed by atoms with van der Waals surface area (Å²) in [5, 5.41) is 0. The van der Waals surface area contributed by atoms with Crippen LogP contribution in [-0.4, -0.2) is 42.4 Å². The molecule has 5 heteroatoms. The predicted molar refractivity (Wildman–Crippen MR) is 79.9 cm³/mol. The standard InChI is InChI=1S/C15H26N4O/c1-11-8-18(6-7-20-2)15(17-11)19-9-12-4-3-5-14(16)13(12)10-19/h8,12-14H,3-7,9-10,16H2,1-2H3. The van der Waals surface area contributed by atoms with E-state index in [0.29, 0.717) is 12.0 Å². The first kappa shape index (κ1) is 13.9. The first-order valence-electron chi connectivity index (χ1n) is 7.72. The highest BCUT2D eigenvalue weighted by molar-refractivity contribution is 5.36. The van der Waals surface area contributed by atoms with Gasteiger partial charge in [-0.1, -0.05) is 6.42 Å². The predicted octanol–water partition coefficient (Wildman–Crippen LogP) is 1.40. The van der Waals surface area contributed by atoms with Crippen molar-refractivity contribution in [3.05, 3.63) is 11.9 Å². The van der Waals surface area contributed by atoms with Crippen molar-refractivity contribution >= 4 is 5.95 Å². The molecule has 1 saturated carbocycles. The van der Waals surface area contributed by atoms with Gasteiger partial charge in [0.15, 0.2) is 0 Å². The first-order valence-corrected chi connectivity index (χ1v) is 7.72. The van der Waals surface area contributed by atoms with Gasteiger partial charge in [-0.05, 0) is 31.6 Å². The first-order chi connectivity index (χ1) is 9.69. The number of rotatable bonds is 4. The van der Waals surface area contributed by atoms with Crippen LogP contribution in [0.5, 0.6) is 0 Å². The van der Waals surface area contributed by atoms with E-state index in [1.165, 1.54) is 19.3 Å². The van der Waals surface area contributed by atoms with E-state index in [9.17, 15) is 0 Å². The van der Waals surface area contributed by atoms with Gasteiger partial charge in [0, 0.05) is 39.0 Å². The summed E-state index contributed by atoms with van der Waals surface area (Å²) in [6.07, 6.45) is 5.92. The summed E-state index contributed by atoms with van der Waals surface area (Å²) >= 11 is 0. The summed E-state index contributed by atoms with van der Waals surface area (Å²) in [6.45, 7) is 5.83. The Bertz CT molecular complexity index is 459. The lowest BCUT2D eigenvalue weighted by atomic mass is 9.78.